The second kappa shape index (κ2) is 7.14. The Bertz CT molecular complexity index is 810. The molecule has 0 bridgehead atoms. The van der Waals surface area contributed by atoms with E-state index in [9.17, 15) is 0 Å². The average molecular weight is 332 g/mol. The molecule has 0 atom stereocenters. The maximum atomic E-state index is 2.55. The van der Waals surface area contributed by atoms with Crippen LogP contribution >= 0.6 is 11.3 Å². The van der Waals surface area contributed by atoms with Crippen molar-refractivity contribution < 1.29 is 0 Å². The van der Waals surface area contributed by atoms with Gasteiger partial charge in [0, 0.05) is 34.7 Å². The Morgan fingerprint density at radius 3 is 1.62 bits per heavy atom. The van der Waals surface area contributed by atoms with E-state index in [1.54, 1.807) is 0 Å². The van der Waals surface area contributed by atoms with Crippen molar-refractivity contribution in [2.24, 2.45) is 0 Å². The smallest absolute Gasteiger partial charge is 0.202 e. The molecule has 0 radical (unpaired) electrons. The molecule has 1 nitrogen and oxygen atoms in total. The van der Waals surface area contributed by atoms with Crippen LogP contribution in [-0.4, -0.2) is 13.1 Å². The van der Waals surface area contributed by atoms with E-state index in [0.717, 1.165) is 0 Å². The van der Waals surface area contributed by atoms with Crippen molar-refractivity contribution in [2.75, 3.05) is 13.1 Å². The van der Waals surface area contributed by atoms with Crippen LogP contribution in [0, 0.1) is 0 Å². The minimum absolute atomic E-state index is 1.18. The first-order valence-corrected chi connectivity index (χ1v) is 9.56. The molecule has 0 aliphatic carbocycles. The molecule has 1 aliphatic rings. The highest BCUT2D eigenvalue weighted by Gasteiger charge is 2.14. The number of hydrogen-bond acceptors (Lipinski definition) is 1. The van der Waals surface area contributed by atoms with E-state index < -0.39 is 0 Å². The molecular formula is C22H22NS+. The van der Waals surface area contributed by atoms with E-state index in [4.69, 9.17) is 0 Å². The molecule has 3 aromatic rings. The van der Waals surface area contributed by atoms with Crippen molar-refractivity contribution in [3.05, 3.63) is 78.2 Å². The van der Waals surface area contributed by atoms with Crippen molar-refractivity contribution in [2.45, 2.75) is 19.3 Å². The summed E-state index contributed by atoms with van der Waals surface area (Å²) in [7, 11) is 0. The van der Waals surface area contributed by atoms with Gasteiger partial charge >= 0.3 is 0 Å². The average Bonchev–Trinajstić information content (AvgIpc) is 2.70. The molecule has 1 saturated heterocycles. The third-order valence-electron chi connectivity index (χ3n) is 4.62. The van der Waals surface area contributed by atoms with Crippen LogP contribution in [0.1, 0.15) is 19.3 Å². The van der Waals surface area contributed by atoms with Gasteiger partial charge in [-0.25, -0.2) is 4.58 Å². The highest BCUT2D eigenvalue weighted by atomic mass is 32.1. The standard InChI is InChI=1S/C22H22NS/c1-4-10-18(11-5-1)21-16-20(23-14-8-3-9-15-23)17-22(24-21)19-12-6-2-7-13-19/h1-2,4-7,10-13,16-17H,3,8-9,14-15H2/q+1. The minimum atomic E-state index is 1.18. The molecule has 1 fully saturated rings. The zero-order chi connectivity index (χ0) is 16.2. The van der Waals surface area contributed by atoms with Crippen LogP contribution in [0.15, 0.2) is 72.8 Å². The number of nitrogens with zero attached hydrogens (tertiary/aromatic N) is 1. The maximum Gasteiger partial charge on any atom is 0.202 e. The summed E-state index contributed by atoms with van der Waals surface area (Å²) >= 11 is 1.88. The lowest BCUT2D eigenvalue weighted by Gasteiger charge is -2.11. The third-order valence-corrected chi connectivity index (χ3v) is 5.76. The fourth-order valence-corrected chi connectivity index (χ4v) is 4.42. The fraction of sp³-hybridized carbons (Fsp3) is 0.227. The van der Waals surface area contributed by atoms with Crippen LogP contribution in [0.4, 0.5) is 0 Å². The van der Waals surface area contributed by atoms with Crippen LogP contribution in [0.5, 0.6) is 0 Å². The molecule has 1 aromatic heterocycles. The van der Waals surface area contributed by atoms with Gasteiger partial charge in [0.1, 0.15) is 13.1 Å². The Balaban J connectivity index is 1.91. The molecule has 120 valence electrons. The highest BCUT2D eigenvalue weighted by Crippen LogP contribution is 2.30. The highest BCUT2D eigenvalue weighted by molar-refractivity contribution is 7.18. The van der Waals surface area contributed by atoms with Gasteiger partial charge in [0.15, 0.2) is 0 Å². The Morgan fingerprint density at radius 2 is 1.12 bits per heavy atom. The van der Waals surface area contributed by atoms with E-state index in [1.807, 2.05) is 11.3 Å². The summed E-state index contributed by atoms with van der Waals surface area (Å²) < 4.78 is 2.55. The van der Waals surface area contributed by atoms with Crippen molar-refractivity contribution in [3.63, 3.8) is 0 Å². The number of benzene rings is 2. The fourth-order valence-electron chi connectivity index (χ4n) is 3.31. The summed E-state index contributed by atoms with van der Waals surface area (Å²) in [6, 6.07) is 26.2. The van der Waals surface area contributed by atoms with Gasteiger partial charge in [-0.15, -0.1) is 11.3 Å². The molecule has 2 aromatic carbocycles. The summed E-state index contributed by atoms with van der Waals surface area (Å²) in [5.74, 6) is 0. The quantitative estimate of drug-likeness (QED) is 0.579. The summed E-state index contributed by atoms with van der Waals surface area (Å²) in [6.45, 7) is 2.36. The van der Waals surface area contributed by atoms with Gasteiger partial charge in [-0.2, -0.15) is 0 Å². The van der Waals surface area contributed by atoms with E-state index in [0.29, 0.717) is 0 Å². The Hall–Kier alpha value is -2.19. The molecule has 0 amide bonds. The van der Waals surface area contributed by atoms with Crippen molar-refractivity contribution in [1.29, 1.82) is 0 Å². The number of piperidine rings is 1. The topological polar surface area (TPSA) is 3.01 Å². The lowest BCUT2D eigenvalue weighted by Crippen LogP contribution is -2.34. The second-order valence-electron chi connectivity index (χ2n) is 6.32. The number of rotatable bonds is 2. The minimum Gasteiger partial charge on any atom is -0.230 e. The molecule has 0 spiro atoms. The van der Waals surface area contributed by atoms with Crippen LogP contribution in [0.25, 0.3) is 20.9 Å². The molecule has 2 heterocycles. The Labute approximate surface area is 147 Å². The van der Waals surface area contributed by atoms with Crippen LogP contribution < -0.4 is 9.93 Å². The van der Waals surface area contributed by atoms with Gasteiger partial charge in [0.25, 0.3) is 0 Å². The van der Waals surface area contributed by atoms with Crippen molar-refractivity contribution in [1.82, 2.24) is 4.58 Å². The van der Waals surface area contributed by atoms with Crippen molar-refractivity contribution >= 4 is 11.3 Å². The molecule has 0 N–H and O–H groups in total. The zero-order valence-corrected chi connectivity index (χ0v) is 14.6. The maximum absolute atomic E-state index is 2.55. The molecule has 2 heteroatoms. The van der Waals surface area contributed by atoms with Crippen molar-refractivity contribution in [3.8, 4) is 20.9 Å². The molecule has 1 aliphatic heterocycles. The molecular weight excluding hydrogens is 310 g/mol. The van der Waals surface area contributed by atoms with Crippen LogP contribution in [-0.2, 0) is 0 Å². The van der Waals surface area contributed by atoms with Crippen LogP contribution in [0.3, 0.4) is 0 Å². The predicted molar refractivity (Wildman–Crippen MR) is 104 cm³/mol. The third kappa shape index (κ3) is 3.34. The molecule has 24 heavy (non-hydrogen) atoms. The predicted octanol–water partition coefficient (Wildman–Crippen LogP) is 5.04. The summed E-state index contributed by atoms with van der Waals surface area (Å²) in [4.78, 5) is 2.69. The van der Waals surface area contributed by atoms with Gasteiger partial charge in [0.2, 0.25) is 5.36 Å². The Morgan fingerprint density at radius 1 is 0.625 bits per heavy atom. The largest absolute Gasteiger partial charge is 0.230 e. The molecule has 0 unspecified atom stereocenters. The van der Waals surface area contributed by atoms with Gasteiger partial charge in [-0.1, -0.05) is 60.7 Å². The lowest BCUT2D eigenvalue weighted by molar-refractivity contribution is 0.452. The van der Waals surface area contributed by atoms with Gasteiger partial charge in [-0.05, 0) is 17.5 Å². The van der Waals surface area contributed by atoms with Gasteiger partial charge < -0.3 is 0 Å². The molecule has 4 rings (SSSR count). The van der Waals surface area contributed by atoms with E-state index >= 15 is 0 Å². The van der Waals surface area contributed by atoms with Gasteiger partial charge in [-0.3, -0.25) is 0 Å². The lowest BCUT2D eigenvalue weighted by atomic mass is 10.1. The van der Waals surface area contributed by atoms with Crippen LogP contribution in [0.2, 0.25) is 0 Å². The van der Waals surface area contributed by atoms with E-state index in [-0.39, 0.29) is 0 Å². The number of hydrogen-bond donors (Lipinski definition) is 0. The SMILES string of the molecule is c1ccc(-c2cc(=[N+]3CCCCC3)cc(-c3ccccc3)s2)cc1. The van der Waals surface area contributed by atoms with E-state index in [1.165, 1.54) is 58.6 Å². The zero-order valence-electron chi connectivity index (χ0n) is 13.8. The monoisotopic (exact) mass is 332 g/mol. The summed E-state index contributed by atoms with van der Waals surface area (Å²) in [5.41, 5.74) is 2.61. The normalized spacial score (nSPS) is 14.6. The first kappa shape index (κ1) is 15.3. The second-order valence-corrected chi connectivity index (χ2v) is 7.41. The van der Waals surface area contributed by atoms with E-state index in [2.05, 4.69) is 77.4 Å². The first-order chi connectivity index (χ1) is 11.9. The summed E-state index contributed by atoms with van der Waals surface area (Å²) in [5, 5.41) is 1.37. The summed E-state index contributed by atoms with van der Waals surface area (Å²) in [6.07, 6.45) is 3.97. The first-order valence-electron chi connectivity index (χ1n) is 8.74. The molecule has 0 saturated carbocycles. The van der Waals surface area contributed by atoms with Gasteiger partial charge in [0.05, 0.1) is 0 Å². The Kier molecular flexibility index (Phi) is 4.57.